The Morgan fingerprint density at radius 2 is 2.40 bits per heavy atom. The minimum Gasteiger partial charge on any atom is -0.492 e. The van der Waals surface area contributed by atoms with Crippen LogP contribution in [0.4, 0.5) is 0 Å². The van der Waals surface area contributed by atoms with Crippen LogP contribution in [0, 0.1) is 0 Å². The van der Waals surface area contributed by atoms with Gasteiger partial charge in [0.2, 0.25) is 0 Å². The van der Waals surface area contributed by atoms with E-state index in [4.69, 9.17) is 14.6 Å². The van der Waals surface area contributed by atoms with Crippen LogP contribution in [0.1, 0.15) is 30.6 Å². The molecular weight excluding hydrogens is 258 g/mol. The van der Waals surface area contributed by atoms with Gasteiger partial charge >= 0.3 is 5.97 Å². The molecule has 1 fully saturated rings. The maximum Gasteiger partial charge on any atom is 0.335 e. The van der Waals surface area contributed by atoms with Gasteiger partial charge in [-0.15, -0.1) is 0 Å². The molecule has 20 heavy (non-hydrogen) atoms. The maximum absolute atomic E-state index is 10.9. The second kappa shape index (κ2) is 6.24. The van der Waals surface area contributed by atoms with Gasteiger partial charge in [0.15, 0.2) is 0 Å². The van der Waals surface area contributed by atoms with Gasteiger partial charge in [-0.05, 0) is 38.5 Å². The molecule has 0 saturated carbocycles. The molecule has 5 nitrogen and oxygen atoms in total. The van der Waals surface area contributed by atoms with Crippen molar-refractivity contribution in [2.45, 2.75) is 31.9 Å². The van der Waals surface area contributed by atoms with Crippen LogP contribution in [-0.2, 0) is 4.74 Å². The Balaban J connectivity index is 1.79. The molecule has 2 N–H and O–H groups in total. The van der Waals surface area contributed by atoms with Gasteiger partial charge in [0.25, 0.3) is 0 Å². The van der Waals surface area contributed by atoms with E-state index >= 15 is 0 Å². The third kappa shape index (κ3) is 3.49. The number of aromatic carboxylic acids is 1. The number of benzene rings is 1. The highest BCUT2D eigenvalue weighted by Gasteiger charge is 2.36. The first kappa shape index (κ1) is 14.8. The average Bonchev–Trinajstić information content (AvgIpc) is 2.75. The smallest absolute Gasteiger partial charge is 0.335 e. The summed E-state index contributed by atoms with van der Waals surface area (Å²) in [7, 11) is 0. The van der Waals surface area contributed by atoms with Gasteiger partial charge in [0.05, 0.1) is 11.7 Å². The molecule has 0 spiro atoms. The van der Waals surface area contributed by atoms with E-state index in [9.17, 15) is 4.79 Å². The lowest BCUT2D eigenvalue weighted by atomic mass is 9.95. The molecule has 5 heteroatoms. The Morgan fingerprint density at radius 1 is 1.60 bits per heavy atom. The van der Waals surface area contributed by atoms with E-state index in [-0.39, 0.29) is 17.2 Å². The number of carboxylic acids is 1. The molecular formula is C15H21NO4. The number of nitrogens with one attached hydrogen (secondary N) is 1. The van der Waals surface area contributed by atoms with Crippen LogP contribution in [0.3, 0.4) is 0 Å². The van der Waals surface area contributed by atoms with E-state index in [1.165, 1.54) is 6.07 Å². The molecule has 2 rings (SSSR count). The van der Waals surface area contributed by atoms with Crippen molar-refractivity contribution in [3.8, 4) is 5.75 Å². The normalized spacial score (nSPS) is 25.6. The SMILES string of the molecule is CC1OCCC1(C)NCCOc1cccc(C(=O)O)c1. The van der Waals surface area contributed by atoms with Crippen molar-refractivity contribution in [3.63, 3.8) is 0 Å². The largest absolute Gasteiger partial charge is 0.492 e. The molecule has 1 aliphatic rings. The van der Waals surface area contributed by atoms with Crippen LogP contribution in [0.2, 0.25) is 0 Å². The van der Waals surface area contributed by atoms with Gasteiger partial charge in [0, 0.05) is 18.7 Å². The number of rotatable bonds is 6. The molecule has 0 amide bonds. The van der Waals surface area contributed by atoms with E-state index in [2.05, 4.69) is 19.2 Å². The highest BCUT2D eigenvalue weighted by Crippen LogP contribution is 2.24. The third-order valence-electron chi connectivity index (χ3n) is 3.87. The minimum absolute atomic E-state index is 0.00767. The highest BCUT2D eigenvalue weighted by atomic mass is 16.5. The van der Waals surface area contributed by atoms with Crippen molar-refractivity contribution in [1.82, 2.24) is 5.32 Å². The molecule has 110 valence electrons. The number of hydrogen-bond acceptors (Lipinski definition) is 4. The number of ether oxygens (including phenoxy) is 2. The second-order valence-electron chi connectivity index (χ2n) is 5.29. The van der Waals surface area contributed by atoms with Crippen molar-refractivity contribution in [1.29, 1.82) is 0 Å². The first-order valence-corrected chi connectivity index (χ1v) is 6.84. The topological polar surface area (TPSA) is 67.8 Å². The van der Waals surface area contributed by atoms with Crippen LogP contribution >= 0.6 is 0 Å². The second-order valence-corrected chi connectivity index (χ2v) is 5.29. The van der Waals surface area contributed by atoms with Crippen molar-refractivity contribution < 1.29 is 19.4 Å². The van der Waals surface area contributed by atoms with Gasteiger partial charge in [-0.3, -0.25) is 0 Å². The van der Waals surface area contributed by atoms with Gasteiger partial charge in [-0.25, -0.2) is 4.79 Å². The first-order valence-electron chi connectivity index (χ1n) is 6.84. The van der Waals surface area contributed by atoms with Gasteiger partial charge < -0.3 is 19.9 Å². The van der Waals surface area contributed by atoms with E-state index in [1.807, 2.05) is 0 Å². The van der Waals surface area contributed by atoms with Gasteiger partial charge in [-0.1, -0.05) is 6.07 Å². The monoisotopic (exact) mass is 279 g/mol. The first-order chi connectivity index (χ1) is 9.51. The van der Waals surface area contributed by atoms with Crippen molar-refractivity contribution in [2.24, 2.45) is 0 Å². The zero-order valence-corrected chi connectivity index (χ0v) is 11.9. The fourth-order valence-corrected chi connectivity index (χ4v) is 2.29. The summed E-state index contributed by atoms with van der Waals surface area (Å²) < 4.78 is 11.1. The average molecular weight is 279 g/mol. The predicted octanol–water partition coefficient (Wildman–Crippen LogP) is 1.92. The predicted molar refractivity (Wildman–Crippen MR) is 75.3 cm³/mol. The maximum atomic E-state index is 10.9. The molecule has 1 aliphatic heterocycles. The van der Waals surface area contributed by atoms with E-state index in [1.54, 1.807) is 18.2 Å². The molecule has 1 heterocycles. The van der Waals surface area contributed by atoms with Crippen LogP contribution < -0.4 is 10.1 Å². The van der Waals surface area contributed by atoms with E-state index in [0.717, 1.165) is 13.0 Å². The quantitative estimate of drug-likeness (QED) is 0.779. The molecule has 0 aliphatic carbocycles. The summed E-state index contributed by atoms with van der Waals surface area (Å²) >= 11 is 0. The Kier molecular flexibility index (Phi) is 4.62. The Bertz CT molecular complexity index is 477. The Hall–Kier alpha value is -1.59. The van der Waals surface area contributed by atoms with Crippen molar-refractivity contribution >= 4 is 5.97 Å². The van der Waals surface area contributed by atoms with Crippen molar-refractivity contribution in [3.05, 3.63) is 29.8 Å². The lowest BCUT2D eigenvalue weighted by Gasteiger charge is -2.29. The molecule has 0 radical (unpaired) electrons. The third-order valence-corrected chi connectivity index (χ3v) is 3.87. The van der Waals surface area contributed by atoms with Crippen LogP contribution in [0.15, 0.2) is 24.3 Å². The van der Waals surface area contributed by atoms with E-state index in [0.29, 0.717) is 18.9 Å². The lowest BCUT2D eigenvalue weighted by Crippen LogP contribution is -2.49. The standard InChI is InChI=1S/C15H21NO4/c1-11-15(2,6-8-19-11)16-7-9-20-13-5-3-4-12(10-13)14(17)18/h3-5,10-11,16H,6-9H2,1-2H3,(H,17,18). The van der Waals surface area contributed by atoms with Crippen LogP contribution in [0.5, 0.6) is 5.75 Å². The molecule has 0 bridgehead atoms. The van der Waals surface area contributed by atoms with Crippen LogP contribution in [-0.4, -0.2) is 42.5 Å². The summed E-state index contributed by atoms with van der Waals surface area (Å²) in [6.07, 6.45) is 1.18. The van der Waals surface area contributed by atoms with Gasteiger partial charge in [0.1, 0.15) is 12.4 Å². The molecule has 2 atom stereocenters. The minimum atomic E-state index is -0.946. The Labute approximate surface area is 118 Å². The summed E-state index contributed by atoms with van der Waals surface area (Å²) in [4.78, 5) is 10.9. The lowest BCUT2D eigenvalue weighted by molar-refractivity contribution is 0.0696. The molecule has 0 aromatic heterocycles. The van der Waals surface area contributed by atoms with Crippen LogP contribution in [0.25, 0.3) is 0 Å². The molecule has 1 saturated heterocycles. The molecule has 2 unspecified atom stereocenters. The van der Waals surface area contributed by atoms with Crippen molar-refractivity contribution in [2.75, 3.05) is 19.8 Å². The highest BCUT2D eigenvalue weighted by molar-refractivity contribution is 5.87. The molecule has 1 aromatic rings. The Morgan fingerprint density at radius 3 is 3.05 bits per heavy atom. The van der Waals surface area contributed by atoms with E-state index < -0.39 is 5.97 Å². The zero-order valence-electron chi connectivity index (χ0n) is 11.9. The fraction of sp³-hybridized carbons (Fsp3) is 0.533. The summed E-state index contributed by atoms with van der Waals surface area (Å²) in [5.41, 5.74) is 0.229. The summed E-state index contributed by atoms with van der Waals surface area (Å²) in [5.74, 6) is -0.370. The van der Waals surface area contributed by atoms with Gasteiger partial charge in [-0.2, -0.15) is 0 Å². The number of hydrogen-bond donors (Lipinski definition) is 2. The number of carboxylic acid groups (broad SMARTS) is 1. The molecule has 1 aromatic carbocycles. The summed E-state index contributed by atoms with van der Waals surface area (Å²) in [6, 6.07) is 6.52. The fourth-order valence-electron chi connectivity index (χ4n) is 2.29. The summed E-state index contributed by atoms with van der Waals surface area (Å²) in [5, 5.41) is 12.4. The summed E-state index contributed by atoms with van der Waals surface area (Å²) in [6.45, 7) is 6.19. The zero-order chi connectivity index (χ0) is 14.6. The number of carbonyl (C=O) groups is 1.